The molecule has 9 N–H and O–H groups in total. The number of rotatable bonds is 68. The fourth-order valence-corrected chi connectivity index (χ4v) is 13.3. The van der Waals surface area contributed by atoms with Crippen molar-refractivity contribution in [3.63, 3.8) is 0 Å². The smallest absolute Gasteiger partial charge is 0.220 e. The largest absolute Gasteiger partial charge is 0.394 e. The first-order chi connectivity index (χ1) is 47.1. The number of aliphatic hydroxyl groups excluding tert-OH is 8. The summed E-state index contributed by atoms with van der Waals surface area (Å²) < 4.78 is 22.9. The number of ether oxygens (including phenoxy) is 4. The van der Waals surface area contributed by atoms with Crippen molar-refractivity contribution in [2.75, 3.05) is 19.8 Å². The van der Waals surface area contributed by atoms with E-state index in [9.17, 15) is 45.6 Å². The zero-order chi connectivity index (χ0) is 69.4. The maximum atomic E-state index is 13.4. The highest BCUT2D eigenvalue weighted by atomic mass is 16.7. The van der Waals surface area contributed by atoms with Crippen LogP contribution in [0.4, 0.5) is 0 Å². The third-order valence-electron chi connectivity index (χ3n) is 19.7. The molecule has 2 fully saturated rings. The van der Waals surface area contributed by atoms with Crippen LogP contribution < -0.4 is 5.32 Å². The Hall–Kier alpha value is -2.31. The second-order valence-electron chi connectivity index (χ2n) is 28.5. The van der Waals surface area contributed by atoms with E-state index in [1.165, 1.54) is 270 Å². The molecule has 1 amide bonds. The standard InChI is InChI=1S/C82H151NO13/c1-3-5-7-9-11-13-15-17-19-21-23-25-26-27-28-29-30-31-32-33-34-35-36-37-38-39-40-41-42-43-44-46-48-50-52-54-56-58-60-62-64-66-74(87)83-70(71(86)65-63-61-59-57-55-53-51-49-47-45-24-22-20-18-16-14-12-10-8-6-4-2)69-93-81-79(92)77(90)80(73(68-85)95-81)96-82-78(91)76(89)75(88)72(67-84)94-82/h5,7,11,13,17,19,23,25,63,65,70-73,75-82,84-86,88-92H,3-4,6,8-10,12,14-16,18,20-22,24,26-62,64,66-69H2,1-2H3,(H,83,87)/b7-5-,13-11-,19-17-,25-23-,65-63+. The molecule has 0 aliphatic carbocycles. The molecule has 0 saturated carbocycles. The van der Waals surface area contributed by atoms with Gasteiger partial charge in [0.2, 0.25) is 5.91 Å². The van der Waals surface area contributed by atoms with Gasteiger partial charge in [0.1, 0.15) is 48.8 Å². The summed E-state index contributed by atoms with van der Waals surface area (Å²) in [6, 6.07) is -0.915. The van der Waals surface area contributed by atoms with Crippen molar-refractivity contribution in [2.24, 2.45) is 0 Å². The number of hydrogen-bond donors (Lipinski definition) is 9. The van der Waals surface area contributed by atoms with Gasteiger partial charge in [-0.25, -0.2) is 0 Å². The Balaban J connectivity index is 1.55. The minimum Gasteiger partial charge on any atom is -0.394 e. The molecule has 2 aliphatic heterocycles. The molecule has 0 radical (unpaired) electrons. The summed E-state index contributed by atoms with van der Waals surface area (Å²) in [6.07, 6.45) is 73.2. The summed E-state index contributed by atoms with van der Waals surface area (Å²) >= 11 is 0. The van der Waals surface area contributed by atoms with Crippen LogP contribution in [0, 0.1) is 0 Å². The van der Waals surface area contributed by atoms with Gasteiger partial charge < -0.3 is 65.1 Å². The van der Waals surface area contributed by atoms with E-state index in [0.717, 1.165) is 64.2 Å². The Labute approximate surface area is 587 Å². The van der Waals surface area contributed by atoms with Gasteiger partial charge in [-0.1, -0.05) is 357 Å². The van der Waals surface area contributed by atoms with Crippen LogP contribution in [0.15, 0.2) is 60.8 Å². The van der Waals surface area contributed by atoms with Gasteiger partial charge in [0.15, 0.2) is 12.6 Å². The Morgan fingerprint density at radius 3 is 1.10 bits per heavy atom. The summed E-state index contributed by atoms with van der Waals surface area (Å²) in [6.45, 7) is 2.74. The molecule has 0 aromatic heterocycles. The number of carbonyl (C=O) groups excluding carboxylic acids is 1. The van der Waals surface area contributed by atoms with Crippen molar-refractivity contribution in [2.45, 2.75) is 434 Å². The molecule has 12 unspecified atom stereocenters. The zero-order valence-corrected chi connectivity index (χ0v) is 61.6. The van der Waals surface area contributed by atoms with E-state index < -0.39 is 86.8 Å². The van der Waals surface area contributed by atoms with E-state index in [4.69, 9.17) is 18.9 Å². The molecule has 562 valence electrons. The molecule has 0 aromatic carbocycles. The van der Waals surface area contributed by atoms with Crippen molar-refractivity contribution < 1.29 is 64.6 Å². The van der Waals surface area contributed by atoms with E-state index in [1.54, 1.807) is 6.08 Å². The average Bonchev–Trinajstić information content (AvgIpc) is 0.807. The number of carbonyl (C=O) groups is 1. The molecule has 0 aromatic rings. The second-order valence-corrected chi connectivity index (χ2v) is 28.5. The normalized spacial score (nSPS) is 22.5. The van der Waals surface area contributed by atoms with E-state index in [1.807, 2.05) is 6.08 Å². The Morgan fingerprint density at radius 1 is 0.385 bits per heavy atom. The highest BCUT2D eigenvalue weighted by Gasteiger charge is 2.51. The Bertz CT molecular complexity index is 1840. The maximum Gasteiger partial charge on any atom is 0.220 e. The number of aliphatic hydroxyl groups is 8. The molecule has 14 nitrogen and oxygen atoms in total. The van der Waals surface area contributed by atoms with Gasteiger partial charge in [-0.05, 0) is 57.8 Å². The predicted molar refractivity (Wildman–Crippen MR) is 397 cm³/mol. The van der Waals surface area contributed by atoms with Crippen LogP contribution in [0.5, 0.6) is 0 Å². The van der Waals surface area contributed by atoms with Gasteiger partial charge in [0.05, 0.1) is 32.0 Å². The molecule has 2 rings (SSSR count). The topological polar surface area (TPSA) is 228 Å². The molecule has 2 saturated heterocycles. The van der Waals surface area contributed by atoms with Crippen molar-refractivity contribution >= 4 is 5.91 Å². The van der Waals surface area contributed by atoms with Crippen LogP contribution >= 0.6 is 0 Å². The molecular weight excluding hydrogens is 1210 g/mol. The molecule has 96 heavy (non-hydrogen) atoms. The molecule has 12 atom stereocenters. The van der Waals surface area contributed by atoms with Gasteiger partial charge in [-0.15, -0.1) is 0 Å². The molecule has 2 aliphatic rings. The number of amides is 1. The molecule has 0 bridgehead atoms. The van der Waals surface area contributed by atoms with Gasteiger partial charge >= 0.3 is 0 Å². The fourth-order valence-electron chi connectivity index (χ4n) is 13.3. The highest BCUT2D eigenvalue weighted by molar-refractivity contribution is 5.76. The minimum atomic E-state index is -1.79. The average molecular weight is 1360 g/mol. The van der Waals surface area contributed by atoms with Gasteiger partial charge in [0.25, 0.3) is 0 Å². The molecule has 14 heteroatoms. The zero-order valence-electron chi connectivity index (χ0n) is 61.6. The predicted octanol–water partition coefficient (Wildman–Crippen LogP) is 18.4. The van der Waals surface area contributed by atoms with E-state index in [0.29, 0.717) is 6.42 Å². The third kappa shape index (κ3) is 48.5. The van der Waals surface area contributed by atoms with Crippen molar-refractivity contribution in [1.82, 2.24) is 5.32 Å². The highest BCUT2D eigenvalue weighted by Crippen LogP contribution is 2.30. The summed E-state index contributed by atoms with van der Waals surface area (Å²) in [4.78, 5) is 13.4. The van der Waals surface area contributed by atoms with E-state index >= 15 is 0 Å². The summed E-state index contributed by atoms with van der Waals surface area (Å²) in [5.74, 6) is -0.232. The molecule has 0 spiro atoms. The van der Waals surface area contributed by atoms with E-state index in [2.05, 4.69) is 67.8 Å². The van der Waals surface area contributed by atoms with Gasteiger partial charge in [-0.2, -0.15) is 0 Å². The minimum absolute atomic E-state index is 0.232. The monoisotopic (exact) mass is 1360 g/mol. The summed E-state index contributed by atoms with van der Waals surface area (Å²) in [5, 5.41) is 87.6. The summed E-state index contributed by atoms with van der Waals surface area (Å²) in [5.41, 5.74) is 0. The number of unbranched alkanes of at least 4 members (excludes halogenated alkanes) is 47. The van der Waals surface area contributed by atoms with Crippen LogP contribution in [0.2, 0.25) is 0 Å². The lowest BCUT2D eigenvalue weighted by atomic mass is 9.97. The quantitative estimate of drug-likeness (QED) is 0.0204. The number of nitrogens with one attached hydrogen (secondary N) is 1. The van der Waals surface area contributed by atoms with E-state index in [-0.39, 0.29) is 18.9 Å². The Kier molecular flexibility index (Phi) is 61.7. The number of hydrogen-bond acceptors (Lipinski definition) is 13. The van der Waals surface area contributed by atoms with Crippen LogP contribution in [0.3, 0.4) is 0 Å². The van der Waals surface area contributed by atoms with Crippen molar-refractivity contribution in [1.29, 1.82) is 0 Å². The van der Waals surface area contributed by atoms with Gasteiger partial charge in [0, 0.05) is 6.42 Å². The first-order valence-corrected chi connectivity index (χ1v) is 40.5. The summed E-state index contributed by atoms with van der Waals surface area (Å²) in [7, 11) is 0. The first kappa shape index (κ1) is 89.8. The van der Waals surface area contributed by atoms with Crippen LogP contribution in [-0.2, 0) is 23.7 Å². The Morgan fingerprint density at radius 2 is 0.719 bits per heavy atom. The van der Waals surface area contributed by atoms with Crippen molar-refractivity contribution in [3.8, 4) is 0 Å². The van der Waals surface area contributed by atoms with Gasteiger partial charge in [-0.3, -0.25) is 4.79 Å². The second kappa shape index (κ2) is 66.0. The van der Waals surface area contributed by atoms with Crippen LogP contribution in [0.1, 0.15) is 361 Å². The molecule has 2 heterocycles. The number of allylic oxidation sites excluding steroid dienone is 9. The maximum absolute atomic E-state index is 13.4. The SMILES string of the molecule is CC/C=C\C/C=C\C/C=C\C/C=C\CCCCCCCCCCCCCCCCCCCCCCCCCCCCCCC(=O)NC(COC1OC(CO)C(OC2OC(CO)C(O)C(O)C2O)C(O)C1O)C(O)/C=C/CCCCCCCCCCCCCCCCCCCCC. The lowest BCUT2D eigenvalue weighted by Gasteiger charge is -2.46. The van der Waals surface area contributed by atoms with Crippen LogP contribution in [-0.4, -0.2) is 140 Å². The lowest BCUT2D eigenvalue weighted by molar-refractivity contribution is -0.359. The third-order valence-corrected chi connectivity index (χ3v) is 19.7. The van der Waals surface area contributed by atoms with Crippen LogP contribution in [0.25, 0.3) is 0 Å². The molecular formula is C82H151NO13. The lowest BCUT2D eigenvalue weighted by Crippen LogP contribution is -2.65. The van der Waals surface area contributed by atoms with Crippen molar-refractivity contribution in [3.05, 3.63) is 60.8 Å². The first-order valence-electron chi connectivity index (χ1n) is 40.5. The fraction of sp³-hybridized carbons (Fsp3) is 0.866.